The number of phenolic OH excluding ortho intramolecular Hbond substituents is 1. The Kier molecular flexibility index (Phi) is 3.69. The molecule has 0 aromatic heterocycles. The van der Waals surface area contributed by atoms with Gasteiger partial charge in [-0.1, -0.05) is 6.07 Å². The minimum atomic E-state index is -0.672. The van der Waals surface area contributed by atoms with E-state index in [-0.39, 0.29) is 17.8 Å². The van der Waals surface area contributed by atoms with E-state index in [0.29, 0.717) is 5.56 Å². The number of nitrogens with one attached hydrogen (secondary N) is 1. The highest BCUT2D eigenvalue weighted by Crippen LogP contribution is 2.21. The summed E-state index contributed by atoms with van der Waals surface area (Å²) in [5.74, 6) is -1.05. The van der Waals surface area contributed by atoms with Crippen LogP contribution in [0.4, 0.5) is 9.18 Å². The highest BCUT2D eigenvalue weighted by atomic mass is 19.1. The molecule has 1 aromatic rings. The minimum absolute atomic E-state index is 0.117. The van der Waals surface area contributed by atoms with Crippen molar-refractivity contribution in [2.24, 2.45) is 0 Å². The molecule has 98 valence electrons. The highest BCUT2D eigenvalue weighted by molar-refractivity contribution is 5.74. The van der Waals surface area contributed by atoms with Gasteiger partial charge in [0.2, 0.25) is 0 Å². The quantitative estimate of drug-likeness (QED) is 0.849. The molecule has 18 heavy (non-hydrogen) atoms. The Bertz CT molecular complexity index is 445. The normalized spacial score (nSPS) is 16.7. The molecular weight excluding hydrogens is 235 g/mol. The van der Waals surface area contributed by atoms with E-state index in [0.717, 1.165) is 25.9 Å². The second-order valence-corrected chi connectivity index (χ2v) is 4.58. The molecule has 0 unspecified atom stereocenters. The Labute approximate surface area is 105 Å². The number of hydrogen-bond donors (Lipinski definition) is 2. The molecule has 2 rings (SSSR count). The Morgan fingerprint density at radius 1 is 1.44 bits per heavy atom. The molecule has 1 aromatic carbocycles. The second kappa shape index (κ2) is 5.25. The maximum absolute atomic E-state index is 13.2. The summed E-state index contributed by atoms with van der Waals surface area (Å²) in [6.45, 7) is 3.35. The van der Waals surface area contributed by atoms with Gasteiger partial charge in [-0.05, 0) is 37.5 Å². The molecule has 0 aliphatic carbocycles. The summed E-state index contributed by atoms with van der Waals surface area (Å²) in [7, 11) is 0. The molecule has 1 aliphatic rings. The van der Waals surface area contributed by atoms with Crippen LogP contribution in [0.3, 0.4) is 0 Å². The van der Waals surface area contributed by atoms with Crippen molar-refractivity contribution >= 4 is 6.03 Å². The number of carbonyl (C=O) groups is 1. The molecule has 0 radical (unpaired) electrons. The Balaban J connectivity index is 2.00. The summed E-state index contributed by atoms with van der Waals surface area (Å²) in [5.41, 5.74) is 0.637. The van der Waals surface area contributed by atoms with E-state index in [1.165, 1.54) is 12.1 Å². The number of rotatable bonds is 2. The predicted molar refractivity (Wildman–Crippen MR) is 65.8 cm³/mol. The van der Waals surface area contributed by atoms with Crippen molar-refractivity contribution < 1.29 is 14.3 Å². The molecular formula is C13H17FN2O2. The lowest BCUT2D eigenvalue weighted by Crippen LogP contribution is -2.39. The number of hydrogen-bond acceptors (Lipinski definition) is 2. The van der Waals surface area contributed by atoms with Crippen LogP contribution in [0.15, 0.2) is 18.2 Å². The van der Waals surface area contributed by atoms with E-state index in [4.69, 9.17) is 5.11 Å². The second-order valence-electron chi connectivity index (χ2n) is 4.58. The number of urea groups is 1. The van der Waals surface area contributed by atoms with Crippen molar-refractivity contribution in [3.05, 3.63) is 29.6 Å². The lowest BCUT2D eigenvalue weighted by molar-refractivity contribution is 0.205. The highest BCUT2D eigenvalue weighted by Gasteiger charge is 2.20. The van der Waals surface area contributed by atoms with Crippen LogP contribution in [-0.2, 0) is 0 Å². The number of aromatic hydroxyl groups is 1. The first-order valence-corrected chi connectivity index (χ1v) is 6.12. The van der Waals surface area contributed by atoms with Crippen molar-refractivity contribution in [2.45, 2.75) is 25.8 Å². The van der Waals surface area contributed by atoms with Gasteiger partial charge in [0.15, 0.2) is 11.6 Å². The van der Waals surface area contributed by atoms with E-state index in [1.54, 1.807) is 17.9 Å². The van der Waals surface area contributed by atoms with Gasteiger partial charge in [-0.3, -0.25) is 0 Å². The molecule has 1 saturated heterocycles. The standard InChI is InChI=1S/C13H17FN2O2/c1-9(10-4-5-12(17)11(14)8-10)15-13(18)16-6-2-3-7-16/h4-5,8-9,17H,2-3,6-7H2,1H3,(H,15,18)/t9-/m1/s1. The third-order valence-electron chi connectivity index (χ3n) is 3.20. The van der Waals surface area contributed by atoms with Crippen molar-refractivity contribution in [1.82, 2.24) is 10.2 Å². The molecule has 0 spiro atoms. The number of likely N-dealkylation sites (tertiary alicyclic amines) is 1. The number of phenols is 1. The largest absolute Gasteiger partial charge is 0.505 e. The average Bonchev–Trinajstić information content (AvgIpc) is 2.86. The van der Waals surface area contributed by atoms with Crippen molar-refractivity contribution in [3.8, 4) is 5.75 Å². The predicted octanol–water partition coefficient (Wildman–Crippen LogP) is 2.40. The summed E-state index contributed by atoms with van der Waals surface area (Å²) < 4.78 is 13.2. The average molecular weight is 252 g/mol. The van der Waals surface area contributed by atoms with E-state index in [1.807, 2.05) is 0 Å². The lowest BCUT2D eigenvalue weighted by Gasteiger charge is -2.20. The van der Waals surface area contributed by atoms with Gasteiger partial charge in [-0.2, -0.15) is 0 Å². The first kappa shape index (κ1) is 12.7. The summed E-state index contributed by atoms with van der Waals surface area (Å²) in [4.78, 5) is 13.6. The zero-order chi connectivity index (χ0) is 13.1. The third-order valence-corrected chi connectivity index (χ3v) is 3.20. The van der Waals surface area contributed by atoms with Gasteiger partial charge in [-0.25, -0.2) is 9.18 Å². The van der Waals surface area contributed by atoms with Gasteiger partial charge >= 0.3 is 6.03 Å². The molecule has 0 saturated carbocycles. The fraction of sp³-hybridized carbons (Fsp3) is 0.462. The first-order valence-electron chi connectivity index (χ1n) is 6.12. The smallest absolute Gasteiger partial charge is 0.317 e. The number of halogens is 1. The molecule has 1 fully saturated rings. The number of carbonyl (C=O) groups excluding carboxylic acids is 1. The maximum Gasteiger partial charge on any atom is 0.317 e. The molecule has 2 N–H and O–H groups in total. The summed E-state index contributed by atoms with van der Waals surface area (Å²) in [6, 6.07) is 3.74. The molecule has 0 bridgehead atoms. The van der Waals surface area contributed by atoms with Crippen LogP contribution in [0.5, 0.6) is 5.75 Å². The molecule has 1 aliphatic heterocycles. The SMILES string of the molecule is C[C@@H](NC(=O)N1CCCC1)c1ccc(O)c(F)c1. The first-order chi connectivity index (χ1) is 8.58. The molecule has 2 amide bonds. The monoisotopic (exact) mass is 252 g/mol. The number of nitrogens with zero attached hydrogens (tertiary/aromatic N) is 1. The Morgan fingerprint density at radius 2 is 2.11 bits per heavy atom. The van der Waals surface area contributed by atoms with E-state index < -0.39 is 5.82 Å². The zero-order valence-electron chi connectivity index (χ0n) is 10.3. The van der Waals surface area contributed by atoms with Crippen molar-refractivity contribution in [1.29, 1.82) is 0 Å². The lowest BCUT2D eigenvalue weighted by atomic mass is 10.1. The fourth-order valence-corrected chi connectivity index (χ4v) is 2.07. The Hall–Kier alpha value is -1.78. The van der Waals surface area contributed by atoms with Crippen LogP contribution in [0, 0.1) is 5.82 Å². The number of amides is 2. The van der Waals surface area contributed by atoms with E-state index in [2.05, 4.69) is 5.32 Å². The zero-order valence-corrected chi connectivity index (χ0v) is 10.3. The van der Waals surface area contributed by atoms with Gasteiger partial charge in [0.1, 0.15) is 0 Å². The topological polar surface area (TPSA) is 52.6 Å². The molecule has 4 nitrogen and oxygen atoms in total. The van der Waals surface area contributed by atoms with Crippen LogP contribution >= 0.6 is 0 Å². The van der Waals surface area contributed by atoms with E-state index in [9.17, 15) is 9.18 Å². The van der Waals surface area contributed by atoms with Gasteiger partial charge in [-0.15, -0.1) is 0 Å². The fourth-order valence-electron chi connectivity index (χ4n) is 2.07. The van der Waals surface area contributed by atoms with Gasteiger partial charge in [0, 0.05) is 13.1 Å². The Morgan fingerprint density at radius 3 is 2.72 bits per heavy atom. The summed E-state index contributed by atoms with van der Waals surface area (Å²) in [6.07, 6.45) is 2.07. The van der Waals surface area contributed by atoms with Crippen LogP contribution in [0.1, 0.15) is 31.4 Å². The summed E-state index contributed by atoms with van der Waals surface area (Å²) in [5, 5.41) is 11.9. The van der Waals surface area contributed by atoms with Crippen LogP contribution in [0.2, 0.25) is 0 Å². The van der Waals surface area contributed by atoms with E-state index >= 15 is 0 Å². The van der Waals surface area contributed by atoms with Crippen molar-refractivity contribution in [2.75, 3.05) is 13.1 Å². The van der Waals surface area contributed by atoms with Gasteiger partial charge in [0.25, 0.3) is 0 Å². The van der Waals surface area contributed by atoms with Gasteiger partial charge < -0.3 is 15.3 Å². The molecule has 1 atom stereocenters. The maximum atomic E-state index is 13.2. The van der Waals surface area contributed by atoms with Crippen molar-refractivity contribution in [3.63, 3.8) is 0 Å². The van der Waals surface area contributed by atoms with Gasteiger partial charge in [0.05, 0.1) is 6.04 Å². The molecule has 5 heteroatoms. The third kappa shape index (κ3) is 2.72. The van der Waals surface area contributed by atoms with Crippen LogP contribution in [0.25, 0.3) is 0 Å². The minimum Gasteiger partial charge on any atom is -0.505 e. The summed E-state index contributed by atoms with van der Waals surface area (Å²) >= 11 is 0. The number of benzene rings is 1. The molecule has 1 heterocycles. The van der Waals surface area contributed by atoms with Crippen LogP contribution < -0.4 is 5.32 Å². The van der Waals surface area contributed by atoms with Crippen LogP contribution in [-0.4, -0.2) is 29.1 Å².